The maximum atomic E-state index is 12.5. The van der Waals surface area contributed by atoms with Crippen molar-refractivity contribution in [2.24, 2.45) is 5.92 Å². The van der Waals surface area contributed by atoms with E-state index in [1.165, 1.54) is 5.56 Å². The van der Waals surface area contributed by atoms with Gasteiger partial charge in [0.15, 0.2) is 0 Å². The highest BCUT2D eigenvalue weighted by Gasteiger charge is 2.29. The molecule has 1 amide bonds. The number of likely N-dealkylation sites (tertiary alicyclic amines) is 1. The van der Waals surface area contributed by atoms with Gasteiger partial charge in [-0.25, -0.2) is 0 Å². The second-order valence-electron chi connectivity index (χ2n) is 6.00. The Kier molecular flexibility index (Phi) is 4.71. The minimum Gasteiger partial charge on any atom is -0.381 e. The number of carbonyl (C=O) groups excluding carboxylic acids is 1. The van der Waals surface area contributed by atoms with Crippen molar-refractivity contribution in [2.45, 2.75) is 31.7 Å². The van der Waals surface area contributed by atoms with Crippen molar-refractivity contribution in [1.82, 2.24) is 4.90 Å². The van der Waals surface area contributed by atoms with Crippen molar-refractivity contribution >= 4 is 12.0 Å². The molecular weight excluding hydrogens is 262 g/mol. The molecule has 0 bridgehead atoms. The first-order valence-corrected chi connectivity index (χ1v) is 7.93. The third-order valence-electron chi connectivity index (χ3n) is 4.42. The van der Waals surface area contributed by atoms with Gasteiger partial charge in [0.05, 0.1) is 6.04 Å². The Bertz CT molecular complexity index is 491. The molecule has 2 atom stereocenters. The van der Waals surface area contributed by atoms with E-state index in [0.717, 1.165) is 39.0 Å². The fourth-order valence-corrected chi connectivity index (χ4v) is 3.20. The molecule has 3 heteroatoms. The topological polar surface area (TPSA) is 29.5 Å². The van der Waals surface area contributed by atoms with Gasteiger partial charge in [-0.3, -0.25) is 4.79 Å². The molecule has 3 nitrogen and oxygen atoms in total. The number of nitrogens with zero attached hydrogens (tertiary/aromatic N) is 1. The lowest BCUT2D eigenvalue weighted by Gasteiger charge is -2.23. The van der Waals surface area contributed by atoms with E-state index in [1.54, 1.807) is 0 Å². The number of rotatable bonds is 4. The number of ether oxygens (including phenoxy) is 1. The summed E-state index contributed by atoms with van der Waals surface area (Å²) in [6.45, 7) is 2.47. The summed E-state index contributed by atoms with van der Waals surface area (Å²) in [5.74, 6) is 0.725. The van der Waals surface area contributed by atoms with Gasteiger partial charge in [0, 0.05) is 26.2 Å². The maximum Gasteiger partial charge on any atom is 0.223 e. The normalized spacial score (nSPS) is 25.8. The van der Waals surface area contributed by atoms with E-state index in [0.29, 0.717) is 18.2 Å². The molecule has 0 N–H and O–H groups in total. The summed E-state index contributed by atoms with van der Waals surface area (Å²) in [4.78, 5) is 14.5. The van der Waals surface area contributed by atoms with Crippen molar-refractivity contribution in [3.8, 4) is 0 Å². The van der Waals surface area contributed by atoms with E-state index in [4.69, 9.17) is 4.74 Å². The monoisotopic (exact) mass is 285 g/mol. The van der Waals surface area contributed by atoms with Crippen molar-refractivity contribution in [3.05, 3.63) is 42.0 Å². The number of hydrogen-bond donors (Lipinski definition) is 0. The third kappa shape index (κ3) is 3.73. The average molecular weight is 285 g/mol. The van der Waals surface area contributed by atoms with Gasteiger partial charge in [0.1, 0.15) is 0 Å². The van der Waals surface area contributed by atoms with Crippen LogP contribution in [0.15, 0.2) is 36.4 Å². The van der Waals surface area contributed by atoms with Crippen LogP contribution in [-0.2, 0) is 9.53 Å². The highest BCUT2D eigenvalue weighted by atomic mass is 16.5. The lowest BCUT2D eigenvalue weighted by atomic mass is 10.0. The molecule has 2 heterocycles. The van der Waals surface area contributed by atoms with Crippen LogP contribution in [0, 0.1) is 5.92 Å². The van der Waals surface area contributed by atoms with Crippen molar-refractivity contribution in [3.63, 3.8) is 0 Å². The Morgan fingerprint density at radius 2 is 2.14 bits per heavy atom. The molecule has 0 aromatic heterocycles. The summed E-state index contributed by atoms with van der Waals surface area (Å²) in [6, 6.07) is 10.5. The molecule has 1 aromatic rings. The second kappa shape index (κ2) is 6.90. The van der Waals surface area contributed by atoms with Crippen LogP contribution in [0.5, 0.6) is 0 Å². The van der Waals surface area contributed by atoms with Crippen molar-refractivity contribution < 1.29 is 9.53 Å². The largest absolute Gasteiger partial charge is 0.381 e. The average Bonchev–Trinajstić information content (AvgIpc) is 3.17. The van der Waals surface area contributed by atoms with E-state index < -0.39 is 0 Å². The lowest BCUT2D eigenvalue weighted by molar-refractivity contribution is -0.132. The summed E-state index contributed by atoms with van der Waals surface area (Å²) in [5, 5.41) is 0. The standard InChI is InChI=1S/C18H23NO2/c20-18(13-16-10-12-21-14-16)19-11-4-7-17(19)9-8-15-5-2-1-3-6-15/h1-3,5-6,8-9,16-17H,4,7,10-14H2/b9-8+. The van der Waals surface area contributed by atoms with E-state index >= 15 is 0 Å². The van der Waals surface area contributed by atoms with Crippen LogP contribution < -0.4 is 0 Å². The molecule has 2 aliphatic heterocycles. The number of amides is 1. The van der Waals surface area contributed by atoms with E-state index in [9.17, 15) is 4.79 Å². The van der Waals surface area contributed by atoms with Gasteiger partial charge in [-0.15, -0.1) is 0 Å². The van der Waals surface area contributed by atoms with Gasteiger partial charge in [-0.1, -0.05) is 42.5 Å². The van der Waals surface area contributed by atoms with Gasteiger partial charge < -0.3 is 9.64 Å². The zero-order chi connectivity index (χ0) is 14.5. The maximum absolute atomic E-state index is 12.5. The smallest absolute Gasteiger partial charge is 0.223 e. The highest BCUT2D eigenvalue weighted by Crippen LogP contribution is 2.24. The second-order valence-corrected chi connectivity index (χ2v) is 6.00. The summed E-state index contributed by atoms with van der Waals surface area (Å²) in [6.07, 6.45) is 8.19. The van der Waals surface area contributed by atoms with Gasteiger partial charge in [0.2, 0.25) is 5.91 Å². The third-order valence-corrected chi connectivity index (χ3v) is 4.42. The van der Waals surface area contributed by atoms with Crippen LogP contribution in [-0.4, -0.2) is 36.6 Å². The van der Waals surface area contributed by atoms with Crippen LogP contribution in [0.1, 0.15) is 31.2 Å². The Balaban J connectivity index is 1.59. The summed E-state index contributed by atoms with van der Waals surface area (Å²) >= 11 is 0. The molecule has 21 heavy (non-hydrogen) atoms. The zero-order valence-corrected chi connectivity index (χ0v) is 12.4. The first kappa shape index (κ1) is 14.3. The molecule has 2 fully saturated rings. The fraction of sp³-hybridized carbons (Fsp3) is 0.500. The zero-order valence-electron chi connectivity index (χ0n) is 12.4. The Hall–Kier alpha value is -1.61. The fourth-order valence-electron chi connectivity index (χ4n) is 3.20. The quantitative estimate of drug-likeness (QED) is 0.850. The molecule has 2 unspecified atom stereocenters. The summed E-state index contributed by atoms with van der Waals surface area (Å²) in [7, 11) is 0. The van der Waals surface area contributed by atoms with E-state index in [1.807, 2.05) is 18.2 Å². The number of carbonyl (C=O) groups is 1. The SMILES string of the molecule is O=C(CC1CCOC1)N1CCCC1/C=C/c1ccccc1. The Morgan fingerprint density at radius 1 is 1.29 bits per heavy atom. The molecule has 2 aliphatic rings. The molecule has 0 spiro atoms. The molecule has 112 valence electrons. The molecular formula is C18H23NO2. The minimum absolute atomic E-state index is 0.264. The van der Waals surface area contributed by atoms with Crippen molar-refractivity contribution in [1.29, 1.82) is 0 Å². The molecule has 0 saturated carbocycles. The molecule has 0 radical (unpaired) electrons. The van der Waals surface area contributed by atoms with Crippen LogP contribution in [0.2, 0.25) is 0 Å². The number of hydrogen-bond acceptors (Lipinski definition) is 2. The first-order chi connectivity index (χ1) is 10.3. The van der Waals surface area contributed by atoms with Crippen LogP contribution >= 0.6 is 0 Å². The van der Waals surface area contributed by atoms with Crippen LogP contribution in [0.4, 0.5) is 0 Å². The Labute approximate surface area is 126 Å². The van der Waals surface area contributed by atoms with Gasteiger partial charge in [-0.2, -0.15) is 0 Å². The van der Waals surface area contributed by atoms with E-state index in [-0.39, 0.29) is 6.04 Å². The highest BCUT2D eigenvalue weighted by molar-refractivity contribution is 5.77. The predicted octanol–water partition coefficient (Wildman–Crippen LogP) is 3.12. The van der Waals surface area contributed by atoms with Gasteiger partial charge in [0.25, 0.3) is 0 Å². The minimum atomic E-state index is 0.264. The summed E-state index contributed by atoms with van der Waals surface area (Å²) < 4.78 is 5.37. The number of benzene rings is 1. The van der Waals surface area contributed by atoms with Gasteiger partial charge >= 0.3 is 0 Å². The first-order valence-electron chi connectivity index (χ1n) is 7.93. The molecule has 0 aliphatic carbocycles. The molecule has 2 saturated heterocycles. The predicted molar refractivity (Wildman–Crippen MR) is 83.8 cm³/mol. The van der Waals surface area contributed by atoms with Crippen LogP contribution in [0.25, 0.3) is 6.08 Å². The molecule has 1 aromatic carbocycles. The van der Waals surface area contributed by atoms with Gasteiger partial charge in [-0.05, 0) is 30.7 Å². The summed E-state index contributed by atoms with van der Waals surface area (Å²) in [5.41, 5.74) is 1.20. The van der Waals surface area contributed by atoms with E-state index in [2.05, 4.69) is 29.2 Å². The van der Waals surface area contributed by atoms with Crippen molar-refractivity contribution in [2.75, 3.05) is 19.8 Å². The van der Waals surface area contributed by atoms with Crippen LogP contribution in [0.3, 0.4) is 0 Å². The Morgan fingerprint density at radius 3 is 2.90 bits per heavy atom. The lowest BCUT2D eigenvalue weighted by Crippen LogP contribution is -2.35. The molecule has 3 rings (SSSR count).